The molecule has 0 unspecified atom stereocenters. The summed E-state index contributed by atoms with van der Waals surface area (Å²) in [5.74, 6) is -0.116. The van der Waals surface area contributed by atoms with Crippen LogP contribution in [0.3, 0.4) is 0 Å². The molecular formula is C21H20BrN5O3. The number of anilines is 1. The summed E-state index contributed by atoms with van der Waals surface area (Å²) in [5.41, 5.74) is 9.24. The largest absolute Gasteiger partial charge is 0.468 e. The molecule has 0 saturated heterocycles. The Morgan fingerprint density at radius 1 is 1.20 bits per heavy atom. The Kier molecular flexibility index (Phi) is 6.31. The molecule has 1 heterocycles. The molecular weight excluding hydrogens is 450 g/mol. The molecule has 9 heteroatoms. The van der Waals surface area contributed by atoms with E-state index in [1.54, 1.807) is 24.4 Å². The van der Waals surface area contributed by atoms with Crippen molar-refractivity contribution < 1.29 is 14.3 Å². The standard InChI is InChI=1S/C21H20BrN5O3/c1-12(28)27(11-19(29)30-2)18-8-7-15(9-16(18)22)21-25-10-17(26-21)13-3-5-14(6-4-13)20(23)24/h3-10H,11H2,1-2H3,(H3,23,24)(H,25,26). The number of ether oxygens (including phenoxy) is 1. The van der Waals surface area contributed by atoms with Gasteiger partial charge in [-0.05, 0) is 39.7 Å². The van der Waals surface area contributed by atoms with Gasteiger partial charge in [0.1, 0.15) is 18.2 Å². The van der Waals surface area contributed by atoms with E-state index in [4.69, 9.17) is 11.1 Å². The summed E-state index contributed by atoms with van der Waals surface area (Å²) in [5, 5.41) is 7.47. The van der Waals surface area contributed by atoms with Crippen molar-refractivity contribution >= 4 is 39.3 Å². The van der Waals surface area contributed by atoms with E-state index in [0.29, 0.717) is 21.5 Å². The fraction of sp³-hybridized carbons (Fsp3) is 0.143. The first-order valence-corrected chi connectivity index (χ1v) is 9.74. The lowest BCUT2D eigenvalue weighted by Gasteiger charge is -2.21. The highest BCUT2D eigenvalue weighted by Gasteiger charge is 2.19. The summed E-state index contributed by atoms with van der Waals surface area (Å²) in [6.07, 6.45) is 1.72. The van der Waals surface area contributed by atoms with Crippen molar-refractivity contribution in [2.45, 2.75) is 6.92 Å². The highest BCUT2D eigenvalue weighted by Crippen LogP contribution is 2.31. The summed E-state index contributed by atoms with van der Waals surface area (Å²) in [7, 11) is 1.28. The second-order valence-corrected chi connectivity index (χ2v) is 7.34. The SMILES string of the molecule is COC(=O)CN(C(C)=O)c1ccc(-c2ncc(-c3ccc(C(=N)N)cc3)[nH]2)cc1Br. The molecule has 2 aromatic carbocycles. The molecule has 0 aliphatic rings. The Morgan fingerprint density at radius 2 is 1.87 bits per heavy atom. The number of nitrogens with one attached hydrogen (secondary N) is 2. The van der Waals surface area contributed by atoms with Crippen LogP contribution in [-0.4, -0.2) is 41.3 Å². The van der Waals surface area contributed by atoms with Gasteiger partial charge >= 0.3 is 5.97 Å². The molecule has 3 rings (SSSR count). The first kappa shape index (κ1) is 21.3. The Morgan fingerprint density at radius 3 is 2.43 bits per heavy atom. The normalized spacial score (nSPS) is 10.5. The zero-order chi connectivity index (χ0) is 21.8. The average Bonchev–Trinajstić information content (AvgIpc) is 3.22. The fourth-order valence-corrected chi connectivity index (χ4v) is 3.47. The van der Waals surface area contributed by atoms with Gasteiger partial charge in [-0.25, -0.2) is 4.98 Å². The molecule has 1 aromatic heterocycles. The number of nitrogens with zero attached hydrogens (tertiary/aromatic N) is 2. The van der Waals surface area contributed by atoms with Gasteiger partial charge < -0.3 is 20.4 Å². The number of benzene rings is 2. The molecule has 30 heavy (non-hydrogen) atoms. The lowest BCUT2D eigenvalue weighted by Crippen LogP contribution is -2.34. The molecule has 0 fully saturated rings. The third-order valence-corrected chi connectivity index (χ3v) is 5.12. The van der Waals surface area contributed by atoms with E-state index in [-0.39, 0.29) is 18.3 Å². The molecule has 0 radical (unpaired) electrons. The maximum atomic E-state index is 12.0. The molecule has 0 saturated carbocycles. The minimum absolute atomic E-state index is 0.0172. The quantitative estimate of drug-likeness (QED) is 0.290. The number of amidine groups is 1. The molecule has 0 spiro atoms. The predicted molar refractivity (Wildman–Crippen MR) is 118 cm³/mol. The number of hydrogen-bond donors (Lipinski definition) is 3. The number of nitrogens with two attached hydrogens (primary N) is 1. The Labute approximate surface area is 181 Å². The van der Waals surface area contributed by atoms with Crippen molar-refractivity contribution in [1.82, 2.24) is 9.97 Å². The van der Waals surface area contributed by atoms with E-state index in [0.717, 1.165) is 16.8 Å². The molecule has 0 bridgehead atoms. The number of halogens is 1. The third-order valence-electron chi connectivity index (χ3n) is 4.49. The molecule has 1 amide bonds. The fourth-order valence-electron chi connectivity index (χ4n) is 2.88. The van der Waals surface area contributed by atoms with Gasteiger partial charge in [0.2, 0.25) is 5.91 Å². The number of carbonyl (C=O) groups is 2. The van der Waals surface area contributed by atoms with Crippen molar-refractivity contribution in [2.75, 3.05) is 18.6 Å². The molecule has 0 aliphatic carbocycles. The van der Waals surface area contributed by atoms with Crippen molar-refractivity contribution in [3.63, 3.8) is 0 Å². The summed E-state index contributed by atoms with van der Waals surface area (Å²) in [4.78, 5) is 32.7. The topological polar surface area (TPSA) is 125 Å². The summed E-state index contributed by atoms with van der Waals surface area (Å²) in [6.45, 7) is 1.21. The van der Waals surface area contributed by atoms with E-state index in [1.807, 2.05) is 24.3 Å². The van der Waals surface area contributed by atoms with Crippen molar-refractivity contribution in [3.05, 3.63) is 58.7 Å². The number of amides is 1. The van der Waals surface area contributed by atoms with Gasteiger partial charge in [-0.3, -0.25) is 15.0 Å². The lowest BCUT2D eigenvalue weighted by molar-refractivity contribution is -0.139. The highest BCUT2D eigenvalue weighted by atomic mass is 79.9. The Hall–Kier alpha value is -3.46. The van der Waals surface area contributed by atoms with Crippen LogP contribution < -0.4 is 10.6 Å². The number of methoxy groups -OCH3 is 1. The van der Waals surface area contributed by atoms with Gasteiger partial charge in [-0.2, -0.15) is 0 Å². The van der Waals surface area contributed by atoms with Gasteiger partial charge in [0.15, 0.2) is 0 Å². The minimum Gasteiger partial charge on any atom is -0.468 e. The van der Waals surface area contributed by atoms with Crippen molar-refractivity contribution in [3.8, 4) is 22.6 Å². The minimum atomic E-state index is -0.507. The highest BCUT2D eigenvalue weighted by molar-refractivity contribution is 9.10. The molecule has 0 aliphatic heterocycles. The number of carbonyl (C=O) groups excluding carboxylic acids is 2. The number of nitrogen functional groups attached to an aromatic ring is 1. The Balaban J connectivity index is 1.87. The molecule has 3 aromatic rings. The monoisotopic (exact) mass is 469 g/mol. The summed E-state index contributed by atoms with van der Waals surface area (Å²) < 4.78 is 5.31. The summed E-state index contributed by atoms with van der Waals surface area (Å²) >= 11 is 3.48. The van der Waals surface area contributed by atoms with Crippen LogP contribution in [0.2, 0.25) is 0 Å². The van der Waals surface area contributed by atoms with Crippen LogP contribution in [-0.2, 0) is 14.3 Å². The van der Waals surface area contributed by atoms with Gasteiger partial charge in [-0.1, -0.05) is 24.3 Å². The van der Waals surface area contributed by atoms with E-state index < -0.39 is 5.97 Å². The lowest BCUT2D eigenvalue weighted by atomic mass is 10.1. The van der Waals surface area contributed by atoms with Crippen LogP contribution >= 0.6 is 15.9 Å². The van der Waals surface area contributed by atoms with Gasteiger partial charge in [-0.15, -0.1) is 0 Å². The second-order valence-electron chi connectivity index (χ2n) is 6.48. The third kappa shape index (κ3) is 4.57. The maximum absolute atomic E-state index is 12.0. The molecule has 154 valence electrons. The molecule has 0 atom stereocenters. The Bertz CT molecular complexity index is 1110. The number of aromatic amines is 1. The van der Waals surface area contributed by atoms with Crippen LogP contribution in [0.4, 0.5) is 5.69 Å². The van der Waals surface area contributed by atoms with Crippen LogP contribution in [0.5, 0.6) is 0 Å². The van der Waals surface area contributed by atoms with Crippen LogP contribution in [0, 0.1) is 5.41 Å². The average molecular weight is 470 g/mol. The zero-order valence-electron chi connectivity index (χ0n) is 16.4. The van der Waals surface area contributed by atoms with Gasteiger partial charge in [0.25, 0.3) is 0 Å². The molecule has 4 N–H and O–H groups in total. The molecule has 8 nitrogen and oxygen atoms in total. The predicted octanol–water partition coefficient (Wildman–Crippen LogP) is 3.32. The van der Waals surface area contributed by atoms with E-state index in [9.17, 15) is 9.59 Å². The van der Waals surface area contributed by atoms with Crippen LogP contribution in [0.1, 0.15) is 12.5 Å². The van der Waals surface area contributed by atoms with E-state index >= 15 is 0 Å². The van der Waals surface area contributed by atoms with E-state index in [2.05, 4.69) is 30.6 Å². The van der Waals surface area contributed by atoms with Crippen molar-refractivity contribution in [2.24, 2.45) is 5.73 Å². The van der Waals surface area contributed by atoms with Gasteiger partial charge in [0.05, 0.1) is 24.7 Å². The van der Waals surface area contributed by atoms with E-state index in [1.165, 1.54) is 18.9 Å². The first-order valence-electron chi connectivity index (χ1n) is 8.95. The van der Waals surface area contributed by atoms with Crippen LogP contribution in [0.25, 0.3) is 22.6 Å². The number of aromatic nitrogens is 2. The number of H-pyrrole nitrogens is 1. The smallest absolute Gasteiger partial charge is 0.325 e. The second kappa shape index (κ2) is 8.91. The zero-order valence-corrected chi connectivity index (χ0v) is 18.0. The summed E-state index contributed by atoms with van der Waals surface area (Å²) in [6, 6.07) is 12.7. The number of rotatable bonds is 6. The van der Waals surface area contributed by atoms with Crippen molar-refractivity contribution in [1.29, 1.82) is 5.41 Å². The number of imidazole rings is 1. The maximum Gasteiger partial charge on any atom is 0.325 e. The first-order chi connectivity index (χ1) is 14.3. The van der Waals surface area contributed by atoms with Gasteiger partial charge in [0, 0.05) is 22.5 Å². The van der Waals surface area contributed by atoms with Crippen LogP contribution in [0.15, 0.2) is 53.1 Å². The number of hydrogen-bond acceptors (Lipinski definition) is 5. The number of esters is 1.